The third-order valence-corrected chi connectivity index (χ3v) is 3.45. The number of esters is 1. The molecule has 1 aliphatic rings. The second-order valence-electron chi connectivity index (χ2n) is 5.39. The van der Waals surface area contributed by atoms with Crippen LogP contribution in [0, 0.1) is 0 Å². The summed E-state index contributed by atoms with van der Waals surface area (Å²) < 4.78 is 4.63. The monoisotopic (exact) mass is 262 g/mol. The molecule has 1 amide bonds. The molecule has 1 heterocycles. The lowest BCUT2D eigenvalue weighted by atomic mass is 9.77. The number of hydrogen-bond donors (Lipinski definition) is 1. The van der Waals surface area contributed by atoms with Gasteiger partial charge in [-0.2, -0.15) is 0 Å². The number of ether oxygens (including phenoxy) is 1. The van der Waals surface area contributed by atoms with E-state index in [1.165, 1.54) is 12.0 Å². The van der Waals surface area contributed by atoms with Crippen LogP contribution in [-0.2, 0) is 19.7 Å². The lowest BCUT2D eigenvalue weighted by Gasteiger charge is -2.38. The van der Waals surface area contributed by atoms with E-state index in [0.29, 0.717) is 12.1 Å². The van der Waals surface area contributed by atoms with Gasteiger partial charge in [-0.25, -0.2) is 0 Å². The summed E-state index contributed by atoms with van der Waals surface area (Å²) in [7, 11) is 1.31. The Bertz CT molecular complexity index is 537. The molecule has 0 fully saturated rings. The summed E-state index contributed by atoms with van der Waals surface area (Å²) in [5.41, 5.74) is 7.90. The Labute approximate surface area is 112 Å². The molecule has 102 valence electrons. The van der Waals surface area contributed by atoms with Gasteiger partial charge in [-0.15, -0.1) is 0 Å². The summed E-state index contributed by atoms with van der Waals surface area (Å²) in [6.45, 7) is 3.93. The van der Waals surface area contributed by atoms with Crippen LogP contribution >= 0.6 is 0 Å². The van der Waals surface area contributed by atoms with Crippen LogP contribution in [-0.4, -0.2) is 25.5 Å². The van der Waals surface area contributed by atoms with Crippen LogP contribution in [0.2, 0.25) is 0 Å². The van der Waals surface area contributed by atoms with Gasteiger partial charge >= 0.3 is 5.97 Å². The van der Waals surface area contributed by atoms with Gasteiger partial charge in [0.1, 0.15) is 6.54 Å². The number of fused-ring (bicyclic) bond motifs is 1. The number of rotatable bonds is 2. The van der Waals surface area contributed by atoms with Crippen molar-refractivity contribution in [2.24, 2.45) is 0 Å². The van der Waals surface area contributed by atoms with E-state index in [0.717, 1.165) is 11.3 Å². The molecule has 5 heteroatoms. The van der Waals surface area contributed by atoms with Crippen LogP contribution in [0.3, 0.4) is 0 Å². The predicted octanol–water partition coefficient (Wildman–Crippen LogP) is 1.46. The maximum Gasteiger partial charge on any atom is 0.325 e. The third-order valence-electron chi connectivity index (χ3n) is 3.45. The van der Waals surface area contributed by atoms with Gasteiger partial charge in [0.2, 0.25) is 5.91 Å². The van der Waals surface area contributed by atoms with Crippen molar-refractivity contribution in [3.8, 4) is 0 Å². The molecule has 0 atom stereocenters. The maximum atomic E-state index is 12.2. The van der Waals surface area contributed by atoms with Gasteiger partial charge in [0, 0.05) is 23.2 Å². The largest absolute Gasteiger partial charge is 0.468 e. The minimum atomic E-state index is -0.434. The van der Waals surface area contributed by atoms with Gasteiger partial charge in [0.25, 0.3) is 0 Å². The number of benzene rings is 1. The fraction of sp³-hybridized carbons (Fsp3) is 0.429. The molecule has 1 aromatic rings. The molecule has 0 saturated carbocycles. The molecule has 1 aromatic carbocycles. The summed E-state index contributed by atoms with van der Waals surface area (Å²) in [6, 6.07) is 5.39. The van der Waals surface area contributed by atoms with Crippen LogP contribution in [0.15, 0.2) is 18.2 Å². The van der Waals surface area contributed by atoms with E-state index in [1.54, 1.807) is 12.1 Å². The molecule has 0 aliphatic carbocycles. The van der Waals surface area contributed by atoms with Gasteiger partial charge in [-0.3, -0.25) is 9.59 Å². The second kappa shape index (κ2) is 4.57. The van der Waals surface area contributed by atoms with Crippen molar-refractivity contribution in [2.45, 2.75) is 25.7 Å². The normalized spacial score (nSPS) is 17.0. The van der Waals surface area contributed by atoms with Gasteiger partial charge < -0.3 is 15.4 Å². The topological polar surface area (TPSA) is 72.6 Å². The highest BCUT2D eigenvalue weighted by atomic mass is 16.5. The van der Waals surface area contributed by atoms with Crippen molar-refractivity contribution in [2.75, 3.05) is 24.3 Å². The van der Waals surface area contributed by atoms with E-state index in [1.807, 2.05) is 19.9 Å². The Morgan fingerprint density at radius 1 is 1.47 bits per heavy atom. The van der Waals surface area contributed by atoms with Crippen LogP contribution in [0.1, 0.15) is 25.8 Å². The zero-order valence-electron chi connectivity index (χ0n) is 11.4. The molecule has 0 saturated heterocycles. The predicted molar refractivity (Wildman–Crippen MR) is 72.9 cm³/mol. The average Bonchev–Trinajstić information content (AvgIpc) is 2.34. The van der Waals surface area contributed by atoms with Gasteiger partial charge in [-0.05, 0) is 23.8 Å². The Balaban J connectivity index is 2.48. The van der Waals surface area contributed by atoms with E-state index in [4.69, 9.17) is 5.73 Å². The number of carbonyl (C=O) groups is 2. The number of nitrogens with two attached hydrogens (primary N) is 1. The van der Waals surface area contributed by atoms with E-state index >= 15 is 0 Å². The van der Waals surface area contributed by atoms with Crippen molar-refractivity contribution in [3.63, 3.8) is 0 Å². The summed E-state index contributed by atoms with van der Waals surface area (Å²) >= 11 is 0. The molecule has 19 heavy (non-hydrogen) atoms. The standard InChI is InChI=1S/C14H18N2O3/c1-14(2)7-12(17)16(8-13(18)19-3)11-5-4-9(15)6-10(11)14/h4-6H,7-8,15H2,1-3H3. The Kier molecular flexibility index (Phi) is 3.22. The molecule has 0 spiro atoms. The smallest absolute Gasteiger partial charge is 0.325 e. The zero-order chi connectivity index (χ0) is 14.2. The minimum Gasteiger partial charge on any atom is -0.468 e. The fourth-order valence-corrected chi connectivity index (χ4v) is 2.40. The van der Waals surface area contributed by atoms with Crippen LogP contribution in [0.4, 0.5) is 11.4 Å². The SMILES string of the molecule is COC(=O)CN1C(=O)CC(C)(C)c2cc(N)ccc21. The summed E-state index contributed by atoms with van der Waals surface area (Å²) in [4.78, 5) is 25.1. The third kappa shape index (κ3) is 2.41. The van der Waals surface area contributed by atoms with Gasteiger partial charge in [-0.1, -0.05) is 13.8 Å². The number of methoxy groups -OCH3 is 1. The summed E-state index contributed by atoms with van der Waals surface area (Å²) in [6.07, 6.45) is 0.348. The molecule has 0 radical (unpaired) electrons. The summed E-state index contributed by atoms with van der Waals surface area (Å²) in [5, 5.41) is 0. The highest BCUT2D eigenvalue weighted by Gasteiger charge is 2.37. The second-order valence-corrected chi connectivity index (χ2v) is 5.39. The highest BCUT2D eigenvalue weighted by Crippen LogP contribution is 2.40. The number of carbonyl (C=O) groups excluding carboxylic acids is 2. The van der Waals surface area contributed by atoms with Gasteiger partial charge in [0.15, 0.2) is 0 Å². The first-order chi connectivity index (χ1) is 8.85. The molecule has 5 nitrogen and oxygen atoms in total. The van der Waals surface area contributed by atoms with Crippen molar-refractivity contribution >= 4 is 23.3 Å². The number of anilines is 2. The number of hydrogen-bond acceptors (Lipinski definition) is 4. The lowest BCUT2D eigenvalue weighted by molar-refractivity contribution is -0.140. The van der Waals surface area contributed by atoms with E-state index in [2.05, 4.69) is 4.74 Å². The Morgan fingerprint density at radius 3 is 2.79 bits per heavy atom. The molecule has 0 bridgehead atoms. The zero-order valence-corrected chi connectivity index (χ0v) is 11.4. The van der Waals surface area contributed by atoms with E-state index in [9.17, 15) is 9.59 Å². The first kappa shape index (κ1) is 13.4. The fourth-order valence-electron chi connectivity index (χ4n) is 2.40. The molecule has 2 N–H and O–H groups in total. The number of nitrogens with zero attached hydrogens (tertiary/aromatic N) is 1. The van der Waals surface area contributed by atoms with Crippen molar-refractivity contribution in [1.82, 2.24) is 0 Å². The van der Waals surface area contributed by atoms with Crippen LogP contribution < -0.4 is 10.6 Å². The molecular formula is C14H18N2O3. The van der Waals surface area contributed by atoms with E-state index in [-0.39, 0.29) is 17.9 Å². The number of amides is 1. The Morgan fingerprint density at radius 2 is 2.16 bits per heavy atom. The van der Waals surface area contributed by atoms with Crippen LogP contribution in [0.25, 0.3) is 0 Å². The lowest BCUT2D eigenvalue weighted by Crippen LogP contribution is -2.44. The maximum absolute atomic E-state index is 12.2. The highest BCUT2D eigenvalue weighted by molar-refractivity contribution is 6.01. The first-order valence-corrected chi connectivity index (χ1v) is 6.12. The van der Waals surface area contributed by atoms with E-state index < -0.39 is 5.97 Å². The van der Waals surface area contributed by atoms with Gasteiger partial charge in [0.05, 0.1) is 7.11 Å². The molecule has 0 aromatic heterocycles. The first-order valence-electron chi connectivity index (χ1n) is 6.12. The molecule has 2 rings (SSSR count). The van der Waals surface area contributed by atoms with Crippen molar-refractivity contribution in [1.29, 1.82) is 0 Å². The van der Waals surface area contributed by atoms with Crippen molar-refractivity contribution < 1.29 is 14.3 Å². The van der Waals surface area contributed by atoms with Crippen molar-refractivity contribution in [3.05, 3.63) is 23.8 Å². The molecule has 1 aliphatic heterocycles. The van der Waals surface area contributed by atoms with Crippen LogP contribution in [0.5, 0.6) is 0 Å². The quantitative estimate of drug-likeness (QED) is 0.647. The number of nitrogen functional groups attached to an aromatic ring is 1. The minimum absolute atomic E-state index is 0.0671. The molecular weight excluding hydrogens is 244 g/mol. The molecule has 0 unspecified atom stereocenters. The summed E-state index contributed by atoms with van der Waals surface area (Å²) in [5.74, 6) is -0.511. The average molecular weight is 262 g/mol. The Hall–Kier alpha value is -2.04.